The van der Waals surface area contributed by atoms with Gasteiger partial charge >= 0.3 is 0 Å². The highest BCUT2D eigenvalue weighted by molar-refractivity contribution is 5.86. The number of hydrogen-bond donors (Lipinski definition) is 1. The number of rotatable bonds is 2. The molecule has 1 atom stereocenters. The van der Waals surface area contributed by atoms with Crippen molar-refractivity contribution in [2.45, 2.75) is 37.8 Å². The molecule has 0 amide bonds. The molecular weight excluding hydrogens is 214 g/mol. The minimum absolute atomic E-state index is 0.0724. The first kappa shape index (κ1) is 10.8. The van der Waals surface area contributed by atoms with Gasteiger partial charge in [-0.1, -0.05) is 12.1 Å². The summed E-state index contributed by atoms with van der Waals surface area (Å²) in [6.07, 6.45) is 4.13. The molecule has 1 heterocycles. The van der Waals surface area contributed by atoms with Crippen LogP contribution in [-0.4, -0.2) is 28.4 Å². The molecule has 1 unspecified atom stereocenters. The number of likely N-dealkylation sites (tertiary alicyclic amines) is 1. The van der Waals surface area contributed by atoms with Crippen LogP contribution >= 0.6 is 0 Å². The Bertz CT molecular complexity index is 422. The molecule has 1 aromatic carbocycles. The number of phenols is 1. The van der Waals surface area contributed by atoms with Gasteiger partial charge < -0.3 is 5.11 Å². The van der Waals surface area contributed by atoms with Crippen molar-refractivity contribution in [3.8, 4) is 5.75 Å². The first-order chi connectivity index (χ1) is 8.25. The summed E-state index contributed by atoms with van der Waals surface area (Å²) in [6.45, 7) is 1.03. The molecule has 1 aliphatic heterocycles. The van der Waals surface area contributed by atoms with Gasteiger partial charge in [-0.05, 0) is 43.5 Å². The maximum absolute atomic E-state index is 12.1. The van der Waals surface area contributed by atoms with E-state index in [0.717, 1.165) is 18.5 Å². The van der Waals surface area contributed by atoms with Crippen LogP contribution in [0.3, 0.4) is 0 Å². The summed E-state index contributed by atoms with van der Waals surface area (Å²) in [5.41, 5.74) is 1.03. The first-order valence-electron chi connectivity index (χ1n) is 6.33. The second kappa shape index (κ2) is 4.15. The van der Waals surface area contributed by atoms with Gasteiger partial charge in [-0.25, -0.2) is 0 Å². The second-order valence-corrected chi connectivity index (χ2v) is 5.03. The number of phenolic OH excluding ortho intramolecular Hbond substituents is 1. The third kappa shape index (κ3) is 2.07. The second-order valence-electron chi connectivity index (χ2n) is 5.03. The summed E-state index contributed by atoms with van der Waals surface area (Å²) in [4.78, 5) is 14.5. The van der Waals surface area contributed by atoms with Crippen molar-refractivity contribution in [3.63, 3.8) is 0 Å². The average molecular weight is 231 g/mol. The van der Waals surface area contributed by atoms with Crippen LogP contribution in [0.4, 0.5) is 0 Å². The van der Waals surface area contributed by atoms with E-state index in [1.165, 1.54) is 12.8 Å². The predicted molar refractivity (Wildman–Crippen MR) is 64.8 cm³/mol. The Morgan fingerprint density at radius 2 is 1.88 bits per heavy atom. The molecular formula is C14H17NO2. The molecule has 0 spiro atoms. The number of benzene rings is 1. The highest BCUT2D eigenvalue weighted by atomic mass is 16.3. The number of ketones is 1. The van der Waals surface area contributed by atoms with E-state index in [1.807, 2.05) is 12.1 Å². The van der Waals surface area contributed by atoms with E-state index >= 15 is 0 Å². The molecule has 1 saturated heterocycles. The van der Waals surface area contributed by atoms with Crippen molar-refractivity contribution in [2.75, 3.05) is 6.54 Å². The molecule has 2 aliphatic rings. The number of nitrogens with zero attached hydrogens (tertiary/aromatic N) is 1. The van der Waals surface area contributed by atoms with Gasteiger partial charge in [-0.3, -0.25) is 9.69 Å². The van der Waals surface area contributed by atoms with Crippen LogP contribution in [0.5, 0.6) is 5.75 Å². The Kier molecular flexibility index (Phi) is 2.63. The minimum atomic E-state index is -0.0724. The van der Waals surface area contributed by atoms with E-state index in [-0.39, 0.29) is 11.8 Å². The van der Waals surface area contributed by atoms with Crippen LogP contribution < -0.4 is 0 Å². The molecule has 3 heteroatoms. The van der Waals surface area contributed by atoms with E-state index in [2.05, 4.69) is 4.90 Å². The standard InChI is InChI=1S/C14H17NO2/c16-12-7-3-10(4-8-12)14-13(17)2-1-9-15(14)11-5-6-11/h3-4,7-8,11,14,16H,1-2,5-6,9H2. The van der Waals surface area contributed by atoms with Gasteiger partial charge in [0.05, 0.1) is 6.04 Å². The van der Waals surface area contributed by atoms with Crippen LogP contribution in [0.25, 0.3) is 0 Å². The number of hydrogen-bond acceptors (Lipinski definition) is 3. The molecule has 0 aromatic heterocycles. The number of carbonyl (C=O) groups excluding carboxylic acids is 1. The zero-order chi connectivity index (χ0) is 11.8. The van der Waals surface area contributed by atoms with E-state index in [1.54, 1.807) is 12.1 Å². The lowest BCUT2D eigenvalue weighted by atomic mass is 9.93. The molecule has 90 valence electrons. The van der Waals surface area contributed by atoms with E-state index in [0.29, 0.717) is 18.2 Å². The van der Waals surface area contributed by atoms with Gasteiger partial charge in [-0.2, -0.15) is 0 Å². The molecule has 3 nitrogen and oxygen atoms in total. The third-order valence-corrected chi connectivity index (χ3v) is 3.70. The molecule has 1 aliphatic carbocycles. The van der Waals surface area contributed by atoms with Crippen LogP contribution in [0.1, 0.15) is 37.3 Å². The number of piperidine rings is 1. The van der Waals surface area contributed by atoms with Gasteiger partial charge in [-0.15, -0.1) is 0 Å². The van der Waals surface area contributed by atoms with Gasteiger partial charge in [0.2, 0.25) is 0 Å². The Balaban J connectivity index is 1.90. The smallest absolute Gasteiger partial charge is 0.154 e. The van der Waals surface area contributed by atoms with Crippen molar-refractivity contribution >= 4 is 5.78 Å². The number of aromatic hydroxyl groups is 1. The fourth-order valence-corrected chi connectivity index (χ4v) is 2.72. The Morgan fingerprint density at radius 3 is 2.53 bits per heavy atom. The molecule has 3 rings (SSSR count). The van der Waals surface area contributed by atoms with Crippen molar-refractivity contribution in [1.29, 1.82) is 0 Å². The summed E-state index contributed by atoms with van der Waals surface area (Å²) < 4.78 is 0. The molecule has 1 aromatic rings. The fraction of sp³-hybridized carbons (Fsp3) is 0.500. The van der Waals surface area contributed by atoms with Crippen LogP contribution in [0.15, 0.2) is 24.3 Å². The number of carbonyl (C=O) groups is 1. The van der Waals surface area contributed by atoms with E-state index < -0.39 is 0 Å². The summed E-state index contributed by atoms with van der Waals surface area (Å²) >= 11 is 0. The van der Waals surface area contributed by atoms with E-state index in [4.69, 9.17) is 0 Å². The monoisotopic (exact) mass is 231 g/mol. The van der Waals surface area contributed by atoms with Crippen LogP contribution in [0, 0.1) is 0 Å². The molecule has 1 saturated carbocycles. The lowest BCUT2D eigenvalue weighted by molar-refractivity contribution is -0.127. The minimum Gasteiger partial charge on any atom is -0.508 e. The SMILES string of the molecule is O=C1CCCN(C2CC2)C1c1ccc(O)cc1. The molecule has 17 heavy (non-hydrogen) atoms. The topological polar surface area (TPSA) is 40.5 Å². The summed E-state index contributed by atoms with van der Waals surface area (Å²) in [6, 6.07) is 7.62. The van der Waals surface area contributed by atoms with Crippen molar-refractivity contribution < 1.29 is 9.90 Å². The average Bonchev–Trinajstić information content (AvgIpc) is 3.14. The molecule has 1 N–H and O–H groups in total. The summed E-state index contributed by atoms with van der Waals surface area (Å²) in [5.74, 6) is 0.587. The maximum atomic E-state index is 12.1. The van der Waals surface area contributed by atoms with Crippen molar-refractivity contribution in [3.05, 3.63) is 29.8 Å². The van der Waals surface area contributed by atoms with E-state index in [9.17, 15) is 9.90 Å². The zero-order valence-electron chi connectivity index (χ0n) is 9.80. The fourth-order valence-electron chi connectivity index (χ4n) is 2.72. The molecule has 0 radical (unpaired) electrons. The maximum Gasteiger partial charge on any atom is 0.154 e. The van der Waals surface area contributed by atoms with Crippen LogP contribution in [-0.2, 0) is 4.79 Å². The van der Waals surface area contributed by atoms with Crippen LogP contribution in [0.2, 0.25) is 0 Å². The molecule has 2 fully saturated rings. The Morgan fingerprint density at radius 1 is 1.18 bits per heavy atom. The van der Waals surface area contributed by atoms with Crippen molar-refractivity contribution in [2.24, 2.45) is 0 Å². The van der Waals surface area contributed by atoms with Gasteiger partial charge in [0.15, 0.2) is 5.78 Å². The number of Topliss-reactive ketones (excluding diaryl/α,β-unsaturated/α-hetero) is 1. The predicted octanol–water partition coefficient (Wildman–Crippen LogP) is 2.26. The highest BCUT2D eigenvalue weighted by Crippen LogP contribution is 2.38. The molecule has 0 bridgehead atoms. The lowest BCUT2D eigenvalue weighted by Crippen LogP contribution is -2.40. The van der Waals surface area contributed by atoms with Gasteiger partial charge in [0.25, 0.3) is 0 Å². The Hall–Kier alpha value is -1.35. The highest BCUT2D eigenvalue weighted by Gasteiger charge is 2.39. The quantitative estimate of drug-likeness (QED) is 0.848. The largest absolute Gasteiger partial charge is 0.508 e. The normalized spacial score (nSPS) is 26.1. The summed E-state index contributed by atoms with van der Waals surface area (Å²) in [5, 5.41) is 9.31. The third-order valence-electron chi connectivity index (χ3n) is 3.70. The lowest BCUT2D eigenvalue weighted by Gasteiger charge is -2.35. The van der Waals surface area contributed by atoms with Gasteiger partial charge in [0, 0.05) is 12.5 Å². The zero-order valence-corrected chi connectivity index (χ0v) is 9.80. The first-order valence-corrected chi connectivity index (χ1v) is 6.33. The van der Waals surface area contributed by atoms with Gasteiger partial charge in [0.1, 0.15) is 5.75 Å². The Labute approximate surface area is 101 Å². The summed E-state index contributed by atoms with van der Waals surface area (Å²) in [7, 11) is 0. The van der Waals surface area contributed by atoms with Crippen molar-refractivity contribution in [1.82, 2.24) is 4.90 Å².